The molecule has 0 aliphatic rings. The largest absolute Gasteiger partial charge is 0.469 e. The number of esters is 6. The van der Waals surface area contributed by atoms with Crippen LogP contribution in [0.3, 0.4) is 0 Å². The Labute approximate surface area is 190 Å². The van der Waals surface area contributed by atoms with Crippen molar-refractivity contribution in [3.8, 4) is 0 Å². The van der Waals surface area contributed by atoms with Gasteiger partial charge in [0.05, 0.1) is 53.1 Å². The summed E-state index contributed by atoms with van der Waals surface area (Å²) in [6, 6.07) is 0. The van der Waals surface area contributed by atoms with Gasteiger partial charge in [-0.1, -0.05) is 13.2 Å². The molecule has 0 radical (unpaired) electrons. The Kier molecular flexibility index (Phi) is 12.8. The SMILES string of the molecule is C=C(C(=O)OC)C(CC(=O)OC)C(=O)OCC(C)OC(=O)C(CC(=O)OC)C(=C)C(=O)OC. The Morgan fingerprint density at radius 3 is 1.42 bits per heavy atom. The summed E-state index contributed by atoms with van der Waals surface area (Å²) in [6.07, 6.45) is -2.11. The molecule has 12 nitrogen and oxygen atoms in total. The summed E-state index contributed by atoms with van der Waals surface area (Å²) >= 11 is 0. The van der Waals surface area contributed by atoms with E-state index in [9.17, 15) is 28.8 Å². The van der Waals surface area contributed by atoms with Crippen LogP contribution in [0.25, 0.3) is 0 Å². The molecule has 0 amide bonds. The first-order chi connectivity index (χ1) is 15.4. The number of hydrogen-bond donors (Lipinski definition) is 0. The predicted molar refractivity (Wildman–Crippen MR) is 109 cm³/mol. The zero-order valence-electron chi connectivity index (χ0n) is 19.2. The molecule has 0 aliphatic heterocycles. The third-order valence-electron chi connectivity index (χ3n) is 4.28. The van der Waals surface area contributed by atoms with Crippen molar-refractivity contribution in [3.05, 3.63) is 24.3 Å². The first kappa shape index (κ1) is 29.3. The molecule has 12 heteroatoms. The van der Waals surface area contributed by atoms with Crippen molar-refractivity contribution in [2.24, 2.45) is 11.8 Å². The number of methoxy groups -OCH3 is 4. The van der Waals surface area contributed by atoms with E-state index < -0.39 is 73.2 Å². The van der Waals surface area contributed by atoms with Gasteiger partial charge in [0, 0.05) is 11.1 Å². The maximum absolute atomic E-state index is 12.5. The first-order valence-electron chi connectivity index (χ1n) is 9.48. The van der Waals surface area contributed by atoms with Gasteiger partial charge in [-0.3, -0.25) is 19.2 Å². The highest BCUT2D eigenvalue weighted by molar-refractivity contribution is 5.97. The van der Waals surface area contributed by atoms with Crippen molar-refractivity contribution in [1.29, 1.82) is 0 Å². The summed E-state index contributed by atoms with van der Waals surface area (Å²) < 4.78 is 28.2. The van der Waals surface area contributed by atoms with E-state index in [-0.39, 0.29) is 11.1 Å². The van der Waals surface area contributed by atoms with Gasteiger partial charge in [-0.05, 0) is 6.92 Å². The molecule has 0 fully saturated rings. The maximum atomic E-state index is 12.5. The third-order valence-corrected chi connectivity index (χ3v) is 4.28. The van der Waals surface area contributed by atoms with Crippen molar-refractivity contribution in [2.45, 2.75) is 25.9 Å². The van der Waals surface area contributed by atoms with Crippen LogP contribution in [0.2, 0.25) is 0 Å². The molecule has 0 bridgehead atoms. The number of ether oxygens (including phenoxy) is 6. The normalized spacial score (nSPS) is 12.8. The lowest BCUT2D eigenvalue weighted by molar-refractivity contribution is -0.165. The van der Waals surface area contributed by atoms with Crippen molar-refractivity contribution in [1.82, 2.24) is 0 Å². The van der Waals surface area contributed by atoms with E-state index >= 15 is 0 Å². The quantitative estimate of drug-likeness (QED) is 0.205. The second-order valence-electron chi connectivity index (χ2n) is 6.58. The highest BCUT2D eigenvalue weighted by Crippen LogP contribution is 2.20. The molecule has 0 aromatic heterocycles. The average molecular weight is 472 g/mol. The number of rotatable bonds is 13. The summed E-state index contributed by atoms with van der Waals surface area (Å²) in [7, 11) is 4.34. The molecule has 33 heavy (non-hydrogen) atoms. The van der Waals surface area contributed by atoms with E-state index in [0.717, 1.165) is 28.4 Å². The molecule has 0 heterocycles. The fraction of sp³-hybridized carbons (Fsp3) is 0.524. The second kappa shape index (κ2) is 14.4. The molecule has 0 aromatic carbocycles. The van der Waals surface area contributed by atoms with E-state index in [1.807, 2.05) is 0 Å². The van der Waals surface area contributed by atoms with Gasteiger partial charge in [0.15, 0.2) is 0 Å². The Morgan fingerprint density at radius 2 is 1.06 bits per heavy atom. The molecule has 0 rings (SSSR count). The number of carbonyl (C=O) groups excluding carboxylic acids is 6. The Bertz CT molecular complexity index is 797. The first-order valence-corrected chi connectivity index (χ1v) is 9.48. The summed E-state index contributed by atoms with van der Waals surface area (Å²) in [6.45, 7) is 7.79. The molecular formula is C21H28O12. The molecule has 3 unspecified atom stereocenters. The molecule has 0 saturated carbocycles. The van der Waals surface area contributed by atoms with Gasteiger partial charge in [-0.25, -0.2) is 9.59 Å². The van der Waals surface area contributed by atoms with Crippen molar-refractivity contribution >= 4 is 35.8 Å². The summed E-state index contributed by atoms with van der Waals surface area (Å²) in [4.78, 5) is 71.5. The van der Waals surface area contributed by atoms with Crippen LogP contribution in [-0.2, 0) is 57.2 Å². The highest BCUT2D eigenvalue weighted by atomic mass is 16.6. The van der Waals surface area contributed by atoms with E-state index in [2.05, 4.69) is 32.1 Å². The molecule has 184 valence electrons. The van der Waals surface area contributed by atoms with E-state index in [0.29, 0.717) is 0 Å². The van der Waals surface area contributed by atoms with Crippen LogP contribution >= 0.6 is 0 Å². The fourth-order valence-corrected chi connectivity index (χ4v) is 2.36. The van der Waals surface area contributed by atoms with Crippen LogP contribution in [0.1, 0.15) is 19.8 Å². The number of carbonyl (C=O) groups is 6. The van der Waals surface area contributed by atoms with Crippen LogP contribution in [0.4, 0.5) is 0 Å². The van der Waals surface area contributed by atoms with E-state index in [4.69, 9.17) is 9.47 Å². The lowest BCUT2D eigenvalue weighted by atomic mass is 9.96. The molecule has 0 aliphatic carbocycles. The molecule has 0 spiro atoms. The van der Waals surface area contributed by atoms with Gasteiger partial charge in [0.1, 0.15) is 12.7 Å². The number of hydrogen-bond acceptors (Lipinski definition) is 12. The van der Waals surface area contributed by atoms with E-state index in [1.54, 1.807) is 0 Å². The van der Waals surface area contributed by atoms with Crippen molar-refractivity contribution < 1.29 is 57.2 Å². The van der Waals surface area contributed by atoms with Crippen molar-refractivity contribution in [3.63, 3.8) is 0 Å². The maximum Gasteiger partial charge on any atom is 0.334 e. The predicted octanol–water partition coefficient (Wildman–Crippen LogP) is 0.278. The zero-order valence-corrected chi connectivity index (χ0v) is 19.2. The van der Waals surface area contributed by atoms with Crippen molar-refractivity contribution in [2.75, 3.05) is 35.0 Å². The lowest BCUT2D eigenvalue weighted by Gasteiger charge is -2.21. The van der Waals surface area contributed by atoms with E-state index in [1.165, 1.54) is 6.92 Å². The van der Waals surface area contributed by atoms with Crippen LogP contribution in [0.15, 0.2) is 24.3 Å². The summed E-state index contributed by atoms with van der Waals surface area (Å²) in [5.41, 5.74) is -0.658. The summed E-state index contributed by atoms with van der Waals surface area (Å²) in [5.74, 6) is -8.25. The van der Waals surface area contributed by atoms with Gasteiger partial charge in [0.25, 0.3) is 0 Å². The topological polar surface area (TPSA) is 158 Å². The van der Waals surface area contributed by atoms with Crippen LogP contribution in [0, 0.1) is 11.8 Å². The minimum Gasteiger partial charge on any atom is -0.469 e. The van der Waals surface area contributed by atoms with Gasteiger partial charge >= 0.3 is 35.8 Å². The standard InChI is InChI=1S/C21H28O12/c1-11(33-21(27)15(9-17(23)29-5)13(3)19(25)31-7)10-32-20(26)14(8-16(22)28-4)12(2)18(24)30-6/h11,14-15H,2-3,8-10H2,1,4-7H3. The van der Waals surface area contributed by atoms with Gasteiger partial charge < -0.3 is 28.4 Å². The zero-order chi connectivity index (χ0) is 25.7. The van der Waals surface area contributed by atoms with Crippen LogP contribution in [-0.4, -0.2) is 77.0 Å². The molecule has 0 saturated heterocycles. The van der Waals surface area contributed by atoms with Gasteiger partial charge in [0.2, 0.25) is 0 Å². The highest BCUT2D eigenvalue weighted by Gasteiger charge is 2.34. The third kappa shape index (κ3) is 9.54. The minimum absolute atomic E-state index is 0.329. The fourth-order valence-electron chi connectivity index (χ4n) is 2.36. The Hall–Kier alpha value is -3.70. The second-order valence-corrected chi connectivity index (χ2v) is 6.58. The average Bonchev–Trinajstić information content (AvgIpc) is 2.81. The minimum atomic E-state index is -1.39. The molecule has 0 aromatic rings. The monoisotopic (exact) mass is 472 g/mol. The molecule has 3 atom stereocenters. The Morgan fingerprint density at radius 1 is 0.667 bits per heavy atom. The lowest BCUT2D eigenvalue weighted by Crippen LogP contribution is -2.33. The molecular weight excluding hydrogens is 444 g/mol. The Balaban J connectivity index is 5.24. The van der Waals surface area contributed by atoms with Gasteiger partial charge in [-0.2, -0.15) is 0 Å². The summed E-state index contributed by atoms with van der Waals surface area (Å²) in [5, 5.41) is 0. The smallest absolute Gasteiger partial charge is 0.334 e. The van der Waals surface area contributed by atoms with Crippen LogP contribution < -0.4 is 0 Å². The van der Waals surface area contributed by atoms with Crippen LogP contribution in [0.5, 0.6) is 0 Å². The van der Waals surface area contributed by atoms with Gasteiger partial charge in [-0.15, -0.1) is 0 Å². The molecule has 0 N–H and O–H groups in total.